The number of benzene rings is 1. The molecule has 1 N–H and O–H groups in total. The highest BCUT2D eigenvalue weighted by Gasteiger charge is 2.25. The molecule has 0 fully saturated rings. The van der Waals surface area contributed by atoms with Crippen molar-refractivity contribution in [2.24, 2.45) is 10.4 Å². The summed E-state index contributed by atoms with van der Waals surface area (Å²) in [4.78, 5) is 4.58. The maximum absolute atomic E-state index is 8.97. The number of amidine groups is 1. The van der Waals surface area contributed by atoms with Crippen LogP contribution in [0.15, 0.2) is 23.2 Å². The first-order valence-corrected chi connectivity index (χ1v) is 7.74. The second-order valence-electron chi connectivity index (χ2n) is 6.42. The van der Waals surface area contributed by atoms with Crippen LogP contribution in [-0.4, -0.2) is 17.0 Å². The maximum Gasteiger partial charge on any atom is 0.161 e. The third kappa shape index (κ3) is 4.01. The van der Waals surface area contributed by atoms with E-state index in [0.29, 0.717) is 16.2 Å². The lowest BCUT2D eigenvalue weighted by molar-refractivity contribution is 0.375. The summed E-state index contributed by atoms with van der Waals surface area (Å²) < 4.78 is 0. The molecule has 106 valence electrons. The molecule has 0 radical (unpaired) electrons. The topological polar surface area (TPSA) is 48.2 Å². The Bertz CT molecular complexity index is 564. The van der Waals surface area contributed by atoms with Gasteiger partial charge in [0.2, 0.25) is 0 Å². The Morgan fingerprint density at radius 3 is 2.85 bits per heavy atom. The minimum Gasteiger partial charge on any atom is -0.335 e. The number of nitrogens with one attached hydrogen (secondary N) is 1. The van der Waals surface area contributed by atoms with Crippen molar-refractivity contribution in [3.8, 4) is 6.07 Å². The minimum atomic E-state index is 0.333. The molecule has 1 aliphatic rings. The summed E-state index contributed by atoms with van der Waals surface area (Å²) >= 11 is 1.81. The zero-order chi connectivity index (χ0) is 14.8. The molecule has 1 aliphatic heterocycles. The molecule has 2 rings (SSSR count). The van der Waals surface area contributed by atoms with Crippen LogP contribution < -0.4 is 5.32 Å². The van der Waals surface area contributed by atoms with Crippen molar-refractivity contribution in [2.75, 3.05) is 11.9 Å². The molecule has 0 saturated carbocycles. The van der Waals surface area contributed by atoms with Gasteiger partial charge in [-0.15, -0.1) is 0 Å². The Balaban J connectivity index is 2.01. The molecule has 0 aliphatic carbocycles. The van der Waals surface area contributed by atoms with Crippen molar-refractivity contribution in [3.05, 3.63) is 29.3 Å². The van der Waals surface area contributed by atoms with Gasteiger partial charge in [-0.05, 0) is 36.5 Å². The predicted molar refractivity (Wildman–Crippen MR) is 87.3 cm³/mol. The van der Waals surface area contributed by atoms with E-state index in [1.165, 1.54) is 0 Å². The molecule has 0 aromatic heterocycles. The van der Waals surface area contributed by atoms with Gasteiger partial charge in [-0.3, -0.25) is 4.99 Å². The lowest BCUT2D eigenvalue weighted by Gasteiger charge is -2.21. The third-order valence-corrected chi connectivity index (χ3v) is 4.27. The van der Waals surface area contributed by atoms with E-state index in [4.69, 9.17) is 5.26 Å². The first-order chi connectivity index (χ1) is 9.37. The van der Waals surface area contributed by atoms with Crippen molar-refractivity contribution in [2.45, 2.75) is 39.4 Å². The number of hydrogen-bond acceptors (Lipinski definition) is 4. The van der Waals surface area contributed by atoms with E-state index >= 15 is 0 Å². The highest BCUT2D eigenvalue weighted by atomic mass is 32.2. The smallest absolute Gasteiger partial charge is 0.161 e. The summed E-state index contributed by atoms with van der Waals surface area (Å²) in [6.07, 6.45) is 1.16. The summed E-state index contributed by atoms with van der Waals surface area (Å²) in [5.74, 6) is 0. The van der Waals surface area contributed by atoms with Crippen molar-refractivity contribution < 1.29 is 0 Å². The van der Waals surface area contributed by atoms with E-state index < -0.39 is 0 Å². The minimum absolute atomic E-state index is 0.333. The summed E-state index contributed by atoms with van der Waals surface area (Å²) in [6.45, 7) is 9.70. The number of aryl methyl sites for hydroxylation is 1. The Hall–Kier alpha value is -1.47. The van der Waals surface area contributed by atoms with Crippen LogP contribution in [0.3, 0.4) is 0 Å². The normalized spacial score (nSPS) is 18.6. The Labute approximate surface area is 125 Å². The molecule has 3 nitrogen and oxygen atoms in total. The van der Waals surface area contributed by atoms with Crippen molar-refractivity contribution >= 4 is 22.6 Å². The molecular formula is C16H21N3S. The lowest BCUT2D eigenvalue weighted by atomic mass is 9.90. The average Bonchev–Trinajstić information content (AvgIpc) is 2.77. The fourth-order valence-corrected chi connectivity index (χ4v) is 3.58. The molecule has 1 aromatic carbocycles. The van der Waals surface area contributed by atoms with Crippen LogP contribution in [-0.2, 0) is 0 Å². The van der Waals surface area contributed by atoms with Gasteiger partial charge >= 0.3 is 0 Å². The Morgan fingerprint density at radius 1 is 1.45 bits per heavy atom. The molecular weight excluding hydrogens is 266 g/mol. The van der Waals surface area contributed by atoms with Crippen molar-refractivity contribution in [1.29, 1.82) is 5.26 Å². The largest absolute Gasteiger partial charge is 0.335 e. The van der Waals surface area contributed by atoms with Crippen molar-refractivity contribution in [3.63, 3.8) is 0 Å². The van der Waals surface area contributed by atoms with Gasteiger partial charge in [0.05, 0.1) is 18.2 Å². The number of hydrogen-bond donors (Lipinski definition) is 1. The van der Waals surface area contributed by atoms with Crippen LogP contribution in [0.5, 0.6) is 0 Å². The van der Waals surface area contributed by atoms with Crippen LogP contribution >= 0.6 is 11.8 Å². The SMILES string of the molecule is Cc1ccc(C#N)cc1NC1=NCC(CC(C)(C)C)S1. The fourth-order valence-electron chi connectivity index (χ4n) is 2.22. The van der Waals surface area contributed by atoms with Crippen LogP contribution in [0, 0.1) is 23.7 Å². The number of aliphatic imine (C=N–C) groups is 1. The molecule has 4 heteroatoms. The van der Waals surface area contributed by atoms with Gasteiger partial charge in [0.1, 0.15) is 0 Å². The van der Waals surface area contributed by atoms with Gasteiger partial charge in [0.15, 0.2) is 5.17 Å². The maximum atomic E-state index is 8.97. The molecule has 0 saturated heterocycles. The molecule has 1 atom stereocenters. The van der Waals surface area contributed by atoms with Gasteiger partial charge in [0.25, 0.3) is 0 Å². The van der Waals surface area contributed by atoms with Gasteiger partial charge < -0.3 is 5.32 Å². The monoisotopic (exact) mass is 287 g/mol. The van der Waals surface area contributed by atoms with E-state index in [2.05, 4.69) is 37.1 Å². The van der Waals surface area contributed by atoms with E-state index in [-0.39, 0.29) is 0 Å². The second kappa shape index (κ2) is 5.88. The second-order valence-corrected chi connectivity index (χ2v) is 7.71. The number of nitriles is 1. The Morgan fingerprint density at radius 2 is 2.20 bits per heavy atom. The molecule has 0 amide bonds. The number of anilines is 1. The highest BCUT2D eigenvalue weighted by molar-refractivity contribution is 8.15. The van der Waals surface area contributed by atoms with Crippen LogP contribution in [0.4, 0.5) is 5.69 Å². The molecule has 1 aromatic rings. The summed E-state index contributed by atoms with van der Waals surface area (Å²) in [7, 11) is 0. The molecule has 0 spiro atoms. The van der Waals surface area contributed by atoms with Gasteiger partial charge in [-0.2, -0.15) is 5.26 Å². The van der Waals surface area contributed by atoms with E-state index in [1.807, 2.05) is 36.9 Å². The Kier molecular flexibility index (Phi) is 4.39. The quantitative estimate of drug-likeness (QED) is 0.887. The average molecular weight is 287 g/mol. The van der Waals surface area contributed by atoms with Gasteiger partial charge in [-0.1, -0.05) is 38.6 Å². The number of nitrogens with zero attached hydrogens (tertiary/aromatic N) is 2. The molecule has 0 bridgehead atoms. The van der Waals surface area contributed by atoms with Crippen LogP contribution in [0.25, 0.3) is 0 Å². The predicted octanol–water partition coefficient (Wildman–Crippen LogP) is 4.19. The fraction of sp³-hybridized carbons (Fsp3) is 0.500. The first-order valence-electron chi connectivity index (χ1n) is 6.86. The zero-order valence-corrected chi connectivity index (χ0v) is 13.3. The highest BCUT2D eigenvalue weighted by Crippen LogP contribution is 2.32. The summed E-state index contributed by atoms with van der Waals surface area (Å²) in [6, 6.07) is 7.86. The lowest BCUT2D eigenvalue weighted by Crippen LogP contribution is -2.16. The van der Waals surface area contributed by atoms with Gasteiger partial charge in [-0.25, -0.2) is 0 Å². The van der Waals surface area contributed by atoms with Crippen LogP contribution in [0.2, 0.25) is 0 Å². The number of rotatable bonds is 2. The standard InChI is InChI=1S/C16H21N3S/c1-11-5-6-12(9-17)7-14(11)19-15-18-10-13(20-15)8-16(2,3)4/h5-7,13H,8,10H2,1-4H3,(H,18,19). The molecule has 1 heterocycles. The van der Waals surface area contributed by atoms with Crippen LogP contribution in [0.1, 0.15) is 38.3 Å². The zero-order valence-electron chi connectivity index (χ0n) is 12.5. The molecule has 1 unspecified atom stereocenters. The first kappa shape index (κ1) is 14.9. The third-order valence-electron chi connectivity index (χ3n) is 3.17. The molecule has 20 heavy (non-hydrogen) atoms. The number of thioether (sulfide) groups is 1. The van der Waals surface area contributed by atoms with Crippen molar-refractivity contribution in [1.82, 2.24) is 0 Å². The van der Waals surface area contributed by atoms with E-state index in [9.17, 15) is 0 Å². The summed E-state index contributed by atoms with van der Waals surface area (Å²) in [5.41, 5.74) is 3.12. The van der Waals surface area contributed by atoms with E-state index in [1.54, 1.807) is 0 Å². The summed E-state index contributed by atoms with van der Waals surface area (Å²) in [5, 5.41) is 13.9. The van der Waals surface area contributed by atoms with E-state index in [0.717, 1.165) is 29.4 Å². The van der Waals surface area contributed by atoms with Gasteiger partial charge in [0, 0.05) is 10.9 Å².